The van der Waals surface area contributed by atoms with Crippen molar-refractivity contribution < 1.29 is 93.9 Å². The molecule has 0 spiro atoms. The van der Waals surface area contributed by atoms with E-state index in [0.717, 1.165) is 0 Å². The first kappa shape index (κ1) is 22.5. The van der Waals surface area contributed by atoms with Crippen LogP contribution >= 0.6 is 0 Å². The summed E-state index contributed by atoms with van der Waals surface area (Å²) in [5.74, 6) is -4.81. The molecular weight excluding hydrogens is 256 g/mol. The third kappa shape index (κ3) is 9.98. The molecule has 0 aromatic heterocycles. The molecule has 0 aliphatic heterocycles. The van der Waals surface area contributed by atoms with Crippen LogP contribution in [-0.2, 0) is 14.4 Å². The van der Waals surface area contributed by atoms with Crippen LogP contribution in [-0.4, -0.2) is 58.8 Å². The maximum absolute atomic E-state index is 10.5. The van der Waals surface area contributed by atoms with Gasteiger partial charge in [0.05, 0.1) is 18.5 Å². The van der Waals surface area contributed by atoms with Gasteiger partial charge in [0, 0.05) is 13.1 Å². The summed E-state index contributed by atoms with van der Waals surface area (Å²) in [6, 6.07) is -1.61. The van der Waals surface area contributed by atoms with Crippen LogP contribution in [0.1, 0.15) is 0 Å². The summed E-state index contributed by atoms with van der Waals surface area (Å²) in [7, 11) is 0. The minimum atomic E-state index is -1.64. The van der Waals surface area contributed by atoms with Gasteiger partial charge in [0.2, 0.25) is 0 Å². The van der Waals surface area contributed by atoms with Crippen LogP contribution in [0.5, 0.6) is 0 Å². The van der Waals surface area contributed by atoms with Gasteiger partial charge in [-0.3, -0.25) is 9.69 Å². The van der Waals surface area contributed by atoms with E-state index in [4.69, 9.17) is 10.2 Å². The second-order valence-electron chi connectivity index (χ2n) is 2.69. The number of hydrogen-bond acceptors (Lipinski definition) is 7. The van der Waals surface area contributed by atoms with Gasteiger partial charge in [-0.1, -0.05) is 0 Å². The van der Waals surface area contributed by atoms with E-state index < -0.39 is 43.6 Å². The van der Waals surface area contributed by atoms with Crippen molar-refractivity contribution >= 4 is 17.9 Å². The molecule has 0 bridgehead atoms. The Hall–Kier alpha value is 0.330. The number of carbonyl (C=O) groups excluding carboxylic acids is 2. The smallest absolute Gasteiger partial charge is 0.549 e. The topological polar surface area (TPSA) is 141 Å². The minimum absolute atomic E-state index is 0. The number of carboxylic acids is 3. The Morgan fingerprint density at radius 2 is 1.41 bits per heavy atom. The van der Waals surface area contributed by atoms with E-state index in [-0.39, 0.29) is 59.1 Å². The molecule has 0 aromatic carbocycles. The zero-order chi connectivity index (χ0) is 12.0. The Morgan fingerprint density at radius 3 is 1.59 bits per heavy atom. The molecular formula is C7H9NNa2O7. The van der Waals surface area contributed by atoms with Crippen molar-refractivity contribution in [2.45, 2.75) is 6.04 Å². The fourth-order valence-corrected chi connectivity index (χ4v) is 0.958. The van der Waals surface area contributed by atoms with Gasteiger partial charge in [-0.15, -0.1) is 0 Å². The zero-order valence-corrected chi connectivity index (χ0v) is 13.6. The Kier molecular flexibility index (Phi) is 15.1. The molecule has 0 fully saturated rings. The Morgan fingerprint density at radius 1 is 1.06 bits per heavy atom. The van der Waals surface area contributed by atoms with Gasteiger partial charge in [0.1, 0.15) is 6.04 Å². The molecule has 0 amide bonds. The van der Waals surface area contributed by atoms with Crippen LogP contribution in [0.2, 0.25) is 0 Å². The standard InChI is InChI=1S/C7H11NO7.2Na/c9-3-4(7(14)15)8(1-5(10)11)2-6(12)13;;/h4,9H,1-3H2,(H,10,11)(H,12,13)(H,14,15);;/q;2*+1/p-2/t4-;;/m0../s1. The predicted molar refractivity (Wildman–Crippen MR) is 40.1 cm³/mol. The molecule has 0 aliphatic rings. The van der Waals surface area contributed by atoms with Crippen molar-refractivity contribution in [1.29, 1.82) is 0 Å². The van der Waals surface area contributed by atoms with Crippen molar-refractivity contribution in [3.05, 3.63) is 0 Å². The molecule has 10 heteroatoms. The Bertz CT molecular complexity index is 257. The third-order valence-corrected chi connectivity index (χ3v) is 1.56. The maximum Gasteiger partial charge on any atom is 1.00 e. The van der Waals surface area contributed by atoms with Crippen molar-refractivity contribution in [1.82, 2.24) is 4.90 Å². The van der Waals surface area contributed by atoms with Crippen molar-refractivity contribution in [3.8, 4) is 0 Å². The maximum atomic E-state index is 10.5. The van der Waals surface area contributed by atoms with Gasteiger partial charge in [-0.05, 0) is 0 Å². The summed E-state index contributed by atoms with van der Waals surface area (Å²) in [5, 5.41) is 37.6. The van der Waals surface area contributed by atoms with E-state index >= 15 is 0 Å². The number of carbonyl (C=O) groups is 3. The molecule has 0 heterocycles. The van der Waals surface area contributed by atoms with E-state index in [1.54, 1.807) is 0 Å². The largest absolute Gasteiger partial charge is 1.00 e. The summed E-state index contributed by atoms with van der Waals surface area (Å²) in [6.45, 7) is -2.73. The molecule has 86 valence electrons. The van der Waals surface area contributed by atoms with Gasteiger partial charge in [0.25, 0.3) is 0 Å². The Balaban J connectivity index is -0.000000980. The number of aliphatic hydroxyl groups is 1. The molecule has 0 saturated carbocycles. The molecule has 0 radical (unpaired) electrons. The van der Waals surface area contributed by atoms with Crippen LogP contribution in [0.15, 0.2) is 0 Å². The van der Waals surface area contributed by atoms with Gasteiger partial charge < -0.3 is 30.0 Å². The summed E-state index contributed by atoms with van der Waals surface area (Å²) < 4.78 is 0. The fraction of sp³-hybridized carbons (Fsp3) is 0.571. The first-order valence-corrected chi connectivity index (χ1v) is 3.86. The first-order chi connectivity index (χ1) is 6.88. The number of hydrogen-bond donors (Lipinski definition) is 2. The second-order valence-corrected chi connectivity index (χ2v) is 2.69. The number of rotatable bonds is 7. The van der Waals surface area contributed by atoms with Crippen molar-refractivity contribution in [3.63, 3.8) is 0 Å². The zero-order valence-electron chi connectivity index (χ0n) is 9.58. The number of nitrogens with zero attached hydrogens (tertiary/aromatic N) is 1. The molecule has 17 heavy (non-hydrogen) atoms. The normalized spacial score (nSPS) is 10.9. The van der Waals surface area contributed by atoms with Crippen LogP contribution < -0.4 is 69.3 Å². The second kappa shape index (κ2) is 11.4. The average Bonchev–Trinajstić information content (AvgIpc) is 2.01. The average molecular weight is 265 g/mol. The monoisotopic (exact) mass is 265 g/mol. The molecule has 0 saturated heterocycles. The SMILES string of the molecule is O=C([O-])CN(CC(=O)[O-])[C@@H](CO)C(=O)O.[Na+].[Na+]. The fourth-order valence-electron chi connectivity index (χ4n) is 0.958. The molecule has 0 unspecified atom stereocenters. The van der Waals surface area contributed by atoms with Crippen LogP contribution in [0.3, 0.4) is 0 Å². The molecule has 0 rings (SSSR count). The molecule has 0 aliphatic carbocycles. The van der Waals surface area contributed by atoms with Gasteiger partial charge >= 0.3 is 65.1 Å². The van der Waals surface area contributed by atoms with E-state index in [1.165, 1.54) is 0 Å². The quantitative estimate of drug-likeness (QED) is 0.432. The summed E-state index contributed by atoms with van der Waals surface area (Å²) in [6.07, 6.45) is 0. The molecule has 8 nitrogen and oxygen atoms in total. The van der Waals surface area contributed by atoms with Gasteiger partial charge in [-0.25, -0.2) is 0 Å². The van der Waals surface area contributed by atoms with Crippen LogP contribution in [0.4, 0.5) is 0 Å². The van der Waals surface area contributed by atoms with Crippen LogP contribution in [0.25, 0.3) is 0 Å². The Labute approximate surface area is 141 Å². The van der Waals surface area contributed by atoms with E-state index in [2.05, 4.69) is 0 Å². The van der Waals surface area contributed by atoms with E-state index in [1.807, 2.05) is 0 Å². The summed E-state index contributed by atoms with van der Waals surface area (Å²) in [5.41, 5.74) is 0. The first-order valence-electron chi connectivity index (χ1n) is 3.86. The van der Waals surface area contributed by atoms with Crippen molar-refractivity contribution in [2.24, 2.45) is 0 Å². The van der Waals surface area contributed by atoms with Gasteiger partial charge in [-0.2, -0.15) is 0 Å². The minimum Gasteiger partial charge on any atom is -0.549 e. The number of aliphatic hydroxyl groups excluding tert-OH is 1. The van der Waals surface area contributed by atoms with Crippen LogP contribution in [0, 0.1) is 0 Å². The van der Waals surface area contributed by atoms with Crippen molar-refractivity contribution in [2.75, 3.05) is 19.7 Å². The predicted octanol–water partition coefficient (Wildman–Crippen LogP) is -10.8. The van der Waals surface area contributed by atoms with E-state index in [9.17, 15) is 24.6 Å². The molecule has 0 aromatic rings. The molecule has 1 atom stereocenters. The number of carboxylic acid groups (broad SMARTS) is 3. The summed E-state index contributed by atoms with van der Waals surface area (Å²) >= 11 is 0. The van der Waals surface area contributed by atoms with E-state index in [0.29, 0.717) is 4.90 Å². The third-order valence-electron chi connectivity index (χ3n) is 1.56. The van der Waals surface area contributed by atoms with Gasteiger partial charge in [0.15, 0.2) is 0 Å². The number of aliphatic carboxylic acids is 3. The summed E-state index contributed by atoms with van der Waals surface area (Å²) in [4.78, 5) is 31.4. The molecule has 2 N–H and O–H groups in total.